The standard InChI is InChI=1S/C16H11ClN2O3/c17-11-5-3-4-10(8-11)14(20)9-22-16(21)15-12-6-1-2-7-13(12)18-19-15/h1-8H,9H2,(H,18,19). The van der Waals surface area contributed by atoms with Crippen LogP contribution in [0, 0.1) is 0 Å². The van der Waals surface area contributed by atoms with E-state index in [2.05, 4.69) is 10.2 Å². The maximum Gasteiger partial charge on any atom is 0.359 e. The highest BCUT2D eigenvalue weighted by molar-refractivity contribution is 6.31. The lowest BCUT2D eigenvalue weighted by molar-refractivity contribution is 0.0471. The summed E-state index contributed by atoms with van der Waals surface area (Å²) < 4.78 is 5.04. The summed E-state index contributed by atoms with van der Waals surface area (Å²) in [5.41, 5.74) is 1.29. The van der Waals surface area contributed by atoms with E-state index in [1.54, 1.807) is 36.4 Å². The molecule has 0 radical (unpaired) electrons. The first kappa shape index (κ1) is 14.3. The van der Waals surface area contributed by atoms with Crippen LogP contribution in [-0.2, 0) is 4.74 Å². The lowest BCUT2D eigenvalue weighted by Crippen LogP contribution is -2.14. The second-order valence-corrected chi connectivity index (χ2v) is 5.06. The van der Waals surface area contributed by atoms with E-state index >= 15 is 0 Å². The van der Waals surface area contributed by atoms with Gasteiger partial charge in [0.25, 0.3) is 0 Å². The molecule has 0 saturated heterocycles. The minimum Gasteiger partial charge on any atom is -0.452 e. The van der Waals surface area contributed by atoms with Crippen LogP contribution in [0.2, 0.25) is 5.02 Å². The Morgan fingerprint density at radius 3 is 2.77 bits per heavy atom. The van der Waals surface area contributed by atoms with Gasteiger partial charge in [-0.3, -0.25) is 9.89 Å². The number of ketones is 1. The van der Waals surface area contributed by atoms with Crippen LogP contribution in [0.3, 0.4) is 0 Å². The zero-order chi connectivity index (χ0) is 15.5. The molecule has 1 aromatic heterocycles. The van der Waals surface area contributed by atoms with E-state index in [1.165, 1.54) is 6.07 Å². The lowest BCUT2D eigenvalue weighted by atomic mass is 10.1. The first-order chi connectivity index (χ1) is 10.6. The number of halogens is 1. The van der Waals surface area contributed by atoms with Crippen molar-refractivity contribution < 1.29 is 14.3 Å². The first-order valence-electron chi connectivity index (χ1n) is 6.54. The average molecular weight is 315 g/mol. The Balaban J connectivity index is 1.71. The Bertz CT molecular complexity index is 857. The number of carbonyl (C=O) groups is 2. The van der Waals surface area contributed by atoms with Gasteiger partial charge in [-0.25, -0.2) is 4.79 Å². The summed E-state index contributed by atoms with van der Waals surface area (Å²) in [6.07, 6.45) is 0. The van der Waals surface area contributed by atoms with Crippen molar-refractivity contribution in [1.29, 1.82) is 0 Å². The van der Waals surface area contributed by atoms with Gasteiger partial charge in [0.15, 0.2) is 18.1 Å². The summed E-state index contributed by atoms with van der Waals surface area (Å²) in [5, 5.41) is 7.78. The van der Waals surface area contributed by atoms with Crippen molar-refractivity contribution in [2.75, 3.05) is 6.61 Å². The molecule has 0 bridgehead atoms. The van der Waals surface area contributed by atoms with Crippen LogP contribution >= 0.6 is 11.6 Å². The van der Waals surface area contributed by atoms with Gasteiger partial charge < -0.3 is 4.74 Å². The minimum atomic E-state index is -0.646. The Morgan fingerprint density at radius 1 is 1.14 bits per heavy atom. The van der Waals surface area contributed by atoms with Gasteiger partial charge in [0.05, 0.1) is 5.52 Å². The van der Waals surface area contributed by atoms with Gasteiger partial charge in [-0.2, -0.15) is 5.10 Å². The van der Waals surface area contributed by atoms with Gasteiger partial charge in [-0.05, 0) is 18.2 Å². The molecule has 0 amide bonds. The van der Waals surface area contributed by atoms with Crippen molar-refractivity contribution in [3.8, 4) is 0 Å². The summed E-state index contributed by atoms with van der Waals surface area (Å²) in [6.45, 7) is -0.361. The number of H-pyrrole nitrogens is 1. The van der Waals surface area contributed by atoms with E-state index < -0.39 is 5.97 Å². The normalized spacial score (nSPS) is 10.6. The quantitative estimate of drug-likeness (QED) is 0.592. The third kappa shape index (κ3) is 2.84. The number of rotatable bonds is 4. The summed E-state index contributed by atoms with van der Waals surface area (Å²) in [4.78, 5) is 24.0. The Labute approximate surface area is 130 Å². The van der Waals surface area contributed by atoms with Crippen LogP contribution in [0.5, 0.6) is 0 Å². The number of carbonyl (C=O) groups excluding carboxylic acids is 2. The van der Waals surface area contributed by atoms with E-state index in [-0.39, 0.29) is 18.1 Å². The van der Waals surface area contributed by atoms with Gasteiger partial charge in [0, 0.05) is 16.0 Å². The molecule has 0 fully saturated rings. The molecule has 0 atom stereocenters. The zero-order valence-electron chi connectivity index (χ0n) is 11.4. The molecular formula is C16H11ClN2O3. The van der Waals surface area contributed by atoms with E-state index in [4.69, 9.17) is 16.3 Å². The van der Waals surface area contributed by atoms with Gasteiger partial charge in [-0.1, -0.05) is 41.9 Å². The molecule has 6 heteroatoms. The monoisotopic (exact) mass is 314 g/mol. The van der Waals surface area contributed by atoms with Crippen LogP contribution in [0.15, 0.2) is 48.5 Å². The molecule has 0 aliphatic heterocycles. The summed E-state index contributed by atoms with van der Waals surface area (Å²) in [6, 6.07) is 13.7. The molecule has 0 aliphatic rings. The summed E-state index contributed by atoms with van der Waals surface area (Å²) >= 11 is 5.82. The fourth-order valence-corrected chi connectivity index (χ4v) is 2.25. The van der Waals surface area contributed by atoms with Crippen molar-refractivity contribution in [3.05, 3.63) is 64.8 Å². The number of hydrogen-bond acceptors (Lipinski definition) is 4. The molecule has 0 aliphatic carbocycles. The predicted molar refractivity (Wildman–Crippen MR) is 82.2 cm³/mol. The van der Waals surface area contributed by atoms with Crippen LogP contribution in [-0.4, -0.2) is 28.6 Å². The van der Waals surface area contributed by atoms with E-state index in [0.717, 1.165) is 5.52 Å². The zero-order valence-corrected chi connectivity index (χ0v) is 12.1. The molecule has 0 spiro atoms. The third-order valence-electron chi connectivity index (χ3n) is 3.14. The van der Waals surface area contributed by atoms with E-state index in [1.807, 2.05) is 6.07 Å². The van der Waals surface area contributed by atoms with Gasteiger partial charge in [0.2, 0.25) is 0 Å². The fraction of sp³-hybridized carbons (Fsp3) is 0.0625. The van der Waals surface area contributed by atoms with Gasteiger partial charge in [-0.15, -0.1) is 0 Å². The van der Waals surface area contributed by atoms with Crippen molar-refractivity contribution in [2.45, 2.75) is 0 Å². The predicted octanol–water partition coefficient (Wildman–Crippen LogP) is 3.26. The molecule has 3 rings (SSSR count). The maximum absolute atomic E-state index is 12.0. The molecule has 2 aromatic carbocycles. The number of nitrogens with zero attached hydrogens (tertiary/aromatic N) is 1. The number of aromatic amines is 1. The van der Waals surface area contributed by atoms with Crippen molar-refractivity contribution in [3.63, 3.8) is 0 Å². The number of esters is 1. The molecule has 0 saturated carbocycles. The van der Waals surface area contributed by atoms with Crippen LogP contribution in [0.1, 0.15) is 20.8 Å². The Kier molecular flexibility index (Phi) is 3.89. The number of nitrogens with one attached hydrogen (secondary N) is 1. The topological polar surface area (TPSA) is 72.1 Å². The number of fused-ring (bicyclic) bond motifs is 1. The molecule has 1 heterocycles. The molecule has 3 aromatic rings. The molecular weight excluding hydrogens is 304 g/mol. The van der Waals surface area contributed by atoms with Crippen molar-refractivity contribution in [1.82, 2.24) is 10.2 Å². The van der Waals surface area contributed by atoms with E-state index in [0.29, 0.717) is 16.0 Å². The number of ether oxygens (including phenoxy) is 1. The maximum atomic E-state index is 12.0. The Morgan fingerprint density at radius 2 is 1.95 bits per heavy atom. The SMILES string of the molecule is O=C(COC(=O)c1n[nH]c2ccccc12)c1cccc(Cl)c1. The average Bonchev–Trinajstić information content (AvgIpc) is 2.96. The Hall–Kier alpha value is -2.66. The second-order valence-electron chi connectivity index (χ2n) is 4.63. The summed E-state index contributed by atoms with van der Waals surface area (Å²) in [7, 11) is 0. The number of para-hydroxylation sites is 1. The molecule has 110 valence electrons. The van der Waals surface area contributed by atoms with Gasteiger partial charge >= 0.3 is 5.97 Å². The van der Waals surface area contributed by atoms with Crippen LogP contribution in [0.25, 0.3) is 10.9 Å². The highest BCUT2D eigenvalue weighted by atomic mass is 35.5. The second kappa shape index (κ2) is 5.99. The fourth-order valence-electron chi connectivity index (χ4n) is 2.06. The lowest BCUT2D eigenvalue weighted by Gasteiger charge is -2.03. The minimum absolute atomic E-state index is 0.162. The van der Waals surface area contributed by atoms with E-state index in [9.17, 15) is 9.59 Å². The van der Waals surface area contributed by atoms with Crippen molar-refractivity contribution >= 4 is 34.3 Å². The van der Waals surface area contributed by atoms with Crippen LogP contribution in [0.4, 0.5) is 0 Å². The molecule has 0 unspecified atom stereocenters. The van der Waals surface area contributed by atoms with Crippen LogP contribution < -0.4 is 0 Å². The number of aromatic nitrogens is 2. The largest absolute Gasteiger partial charge is 0.452 e. The number of benzene rings is 2. The summed E-state index contributed by atoms with van der Waals surface area (Å²) in [5.74, 6) is -0.969. The highest BCUT2D eigenvalue weighted by Gasteiger charge is 2.17. The molecule has 22 heavy (non-hydrogen) atoms. The first-order valence-corrected chi connectivity index (χ1v) is 6.92. The number of Topliss-reactive ketones (excluding diaryl/α,β-unsaturated/α-hetero) is 1. The highest BCUT2D eigenvalue weighted by Crippen LogP contribution is 2.16. The van der Waals surface area contributed by atoms with Gasteiger partial charge in [0.1, 0.15) is 0 Å². The smallest absolute Gasteiger partial charge is 0.359 e. The van der Waals surface area contributed by atoms with Crippen molar-refractivity contribution in [2.24, 2.45) is 0 Å². The molecule has 5 nitrogen and oxygen atoms in total. The number of hydrogen-bond donors (Lipinski definition) is 1. The molecule has 1 N–H and O–H groups in total. The third-order valence-corrected chi connectivity index (χ3v) is 3.38.